The molecule has 1 fully saturated rings. The smallest absolute Gasteiger partial charge is 0.0107 e. The summed E-state index contributed by atoms with van der Waals surface area (Å²) in [5, 5.41) is 3.17. The van der Waals surface area contributed by atoms with Gasteiger partial charge in [-0.25, -0.2) is 0 Å². The Balaban J connectivity index is 0.000000561. The molecule has 0 aromatic carbocycles. The molecule has 1 rings (SSSR count). The molecule has 0 bridgehead atoms. The van der Waals surface area contributed by atoms with E-state index in [1.807, 2.05) is 20.9 Å². The van der Waals surface area contributed by atoms with Crippen LogP contribution in [-0.2, 0) is 0 Å². The van der Waals surface area contributed by atoms with Crippen LogP contribution in [0, 0.1) is 0 Å². The molecule has 74 valence electrons. The molecule has 0 amide bonds. The van der Waals surface area contributed by atoms with E-state index in [9.17, 15) is 0 Å². The van der Waals surface area contributed by atoms with Crippen LogP contribution in [0.25, 0.3) is 0 Å². The first-order chi connectivity index (χ1) is 5.93. The number of hydrogen-bond acceptors (Lipinski definition) is 2. The SMILES string of the molecule is CC.CNCCN1CCCCC1. The monoisotopic (exact) mass is 172 g/mol. The van der Waals surface area contributed by atoms with Gasteiger partial charge in [-0.2, -0.15) is 0 Å². The van der Waals surface area contributed by atoms with Crippen LogP contribution in [0.1, 0.15) is 33.1 Å². The first-order valence-corrected chi connectivity index (χ1v) is 5.30. The number of nitrogens with zero attached hydrogens (tertiary/aromatic N) is 1. The minimum Gasteiger partial charge on any atom is -0.318 e. The van der Waals surface area contributed by atoms with Crippen molar-refractivity contribution in [2.45, 2.75) is 33.1 Å². The zero-order valence-electron chi connectivity index (χ0n) is 8.90. The molecular formula is C10H24N2. The van der Waals surface area contributed by atoms with Gasteiger partial charge in [0.25, 0.3) is 0 Å². The van der Waals surface area contributed by atoms with Gasteiger partial charge in [-0.1, -0.05) is 20.3 Å². The maximum Gasteiger partial charge on any atom is 0.0107 e. The van der Waals surface area contributed by atoms with Crippen molar-refractivity contribution in [1.29, 1.82) is 0 Å². The molecule has 2 nitrogen and oxygen atoms in total. The Morgan fingerprint density at radius 3 is 2.17 bits per heavy atom. The van der Waals surface area contributed by atoms with Gasteiger partial charge in [0, 0.05) is 13.1 Å². The predicted molar refractivity (Wildman–Crippen MR) is 55.6 cm³/mol. The van der Waals surface area contributed by atoms with Gasteiger partial charge in [-0.15, -0.1) is 0 Å². The van der Waals surface area contributed by atoms with E-state index in [1.54, 1.807) is 0 Å². The molecule has 2 heteroatoms. The van der Waals surface area contributed by atoms with Crippen molar-refractivity contribution < 1.29 is 0 Å². The number of nitrogens with one attached hydrogen (secondary N) is 1. The van der Waals surface area contributed by atoms with Crippen molar-refractivity contribution in [3.8, 4) is 0 Å². The van der Waals surface area contributed by atoms with Crippen LogP contribution in [0.2, 0.25) is 0 Å². The third kappa shape index (κ3) is 5.56. The topological polar surface area (TPSA) is 15.3 Å². The van der Waals surface area contributed by atoms with Gasteiger partial charge in [0.05, 0.1) is 0 Å². The zero-order chi connectivity index (χ0) is 9.23. The van der Waals surface area contributed by atoms with E-state index >= 15 is 0 Å². The Morgan fingerprint density at radius 2 is 1.67 bits per heavy atom. The maximum absolute atomic E-state index is 3.17. The summed E-state index contributed by atoms with van der Waals surface area (Å²) in [5.41, 5.74) is 0. The zero-order valence-corrected chi connectivity index (χ0v) is 8.90. The van der Waals surface area contributed by atoms with E-state index in [0.29, 0.717) is 0 Å². The standard InChI is InChI=1S/C8H18N2.C2H6/c1-9-5-8-10-6-3-2-4-7-10;1-2/h9H,2-8H2,1H3;1-2H3. The Labute approximate surface area is 77.3 Å². The van der Waals surface area contributed by atoms with Gasteiger partial charge >= 0.3 is 0 Å². The van der Waals surface area contributed by atoms with E-state index in [-0.39, 0.29) is 0 Å². The molecule has 0 aliphatic carbocycles. The van der Waals surface area contributed by atoms with Crippen LogP contribution in [-0.4, -0.2) is 38.1 Å². The normalized spacial score (nSPS) is 18.2. The van der Waals surface area contributed by atoms with Gasteiger partial charge in [0.15, 0.2) is 0 Å². The molecule has 0 saturated carbocycles. The fourth-order valence-corrected chi connectivity index (χ4v) is 1.45. The molecule has 1 aliphatic heterocycles. The van der Waals surface area contributed by atoms with E-state index in [4.69, 9.17) is 0 Å². The highest BCUT2D eigenvalue weighted by molar-refractivity contribution is 4.64. The average Bonchev–Trinajstić information content (AvgIpc) is 2.19. The lowest BCUT2D eigenvalue weighted by Gasteiger charge is -2.25. The minimum absolute atomic E-state index is 1.14. The second-order valence-corrected chi connectivity index (χ2v) is 3.01. The highest BCUT2D eigenvalue weighted by Gasteiger charge is 2.07. The molecule has 0 spiro atoms. The van der Waals surface area contributed by atoms with E-state index in [0.717, 1.165) is 6.54 Å². The Bertz CT molecular complexity index is 77.9. The summed E-state index contributed by atoms with van der Waals surface area (Å²) < 4.78 is 0. The minimum atomic E-state index is 1.14. The van der Waals surface area contributed by atoms with Crippen molar-refractivity contribution in [3.05, 3.63) is 0 Å². The summed E-state index contributed by atoms with van der Waals surface area (Å²) in [7, 11) is 2.02. The third-order valence-corrected chi connectivity index (χ3v) is 2.13. The van der Waals surface area contributed by atoms with Crippen LogP contribution < -0.4 is 5.32 Å². The third-order valence-electron chi connectivity index (χ3n) is 2.13. The fraction of sp³-hybridized carbons (Fsp3) is 1.00. The van der Waals surface area contributed by atoms with Gasteiger partial charge in [-0.05, 0) is 33.0 Å². The van der Waals surface area contributed by atoms with Crippen LogP contribution in [0.3, 0.4) is 0 Å². The molecule has 0 atom stereocenters. The summed E-state index contributed by atoms with van der Waals surface area (Å²) in [5.74, 6) is 0. The van der Waals surface area contributed by atoms with Gasteiger partial charge in [0.2, 0.25) is 0 Å². The predicted octanol–water partition coefficient (Wildman–Crippen LogP) is 1.72. The number of piperidine rings is 1. The van der Waals surface area contributed by atoms with Crippen LogP contribution in [0.5, 0.6) is 0 Å². The van der Waals surface area contributed by atoms with Crippen molar-refractivity contribution in [2.75, 3.05) is 33.2 Å². The molecule has 0 radical (unpaired) electrons. The van der Waals surface area contributed by atoms with Crippen LogP contribution in [0.15, 0.2) is 0 Å². The molecule has 0 aromatic heterocycles. The van der Waals surface area contributed by atoms with Crippen LogP contribution >= 0.6 is 0 Å². The van der Waals surface area contributed by atoms with E-state index in [2.05, 4.69) is 10.2 Å². The second-order valence-electron chi connectivity index (χ2n) is 3.01. The van der Waals surface area contributed by atoms with Crippen LogP contribution in [0.4, 0.5) is 0 Å². The molecule has 0 aromatic rings. The highest BCUT2D eigenvalue weighted by Crippen LogP contribution is 2.06. The maximum atomic E-state index is 3.17. The van der Waals surface area contributed by atoms with Crippen molar-refractivity contribution in [1.82, 2.24) is 10.2 Å². The number of likely N-dealkylation sites (tertiary alicyclic amines) is 1. The van der Waals surface area contributed by atoms with Crippen molar-refractivity contribution in [2.24, 2.45) is 0 Å². The molecule has 1 N–H and O–H groups in total. The highest BCUT2D eigenvalue weighted by atomic mass is 15.1. The van der Waals surface area contributed by atoms with Crippen molar-refractivity contribution >= 4 is 0 Å². The quantitative estimate of drug-likeness (QED) is 0.697. The number of hydrogen-bond donors (Lipinski definition) is 1. The van der Waals surface area contributed by atoms with E-state index in [1.165, 1.54) is 38.9 Å². The lowest BCUT2D eigenvalue weighted by atomic mass is 10.1. The van der Waals surface area contributed by atoms with Gasteiger partial charge in [0.1, 0.15) is 0 Å². The first-order valence-electron chi connectivity index (χ1n) is 5.30. The second kappa shape index (κ2) is 9.01. The molecule has 12 heavy (non-hydrogen) atoms. The molecule has 1 aliphatic rings. The van der Waals surface area contributed by atoms with E-state index < -0.39 is 0 Å². The molecule has 0 unspecified atom stereocenters. The largest absolute Gasteiger partial charge is 0.318 e. The summed E-state index contributed by atoms with van der Waals surface area (Å²) >= 11 is 0. The summed E-state index contributed by atoms with van der Waals surface area (Å²) in [6, 6.07) is 0. The molecule has 1 saturated heterocycles. The number of rotatable bonds is 3. The lowest BCUT2D eigenvalue weighted by Crippen LogP contribution is -2.34. The first kappa shape index (κ1) is 11.9. The Kier molecular flexibility index (Phi) is 8.95. The molecular weight excluding hydrogens is 148 g/mol. The van der Waals surface area contributed by atoms with Gasteiger partial charge < -0.3 is 10.2 Å². The number of likely N-dealkylation sites (N-methyl/N-ethyl adjacent to an activating group) is 1. The van der Waals surface area contributed by atoms with Crippen molar-refractivity contribution in [3.63, 3.8) is 0 Å². The fourth-order valence-electron chi connectivity index (χ4n) is 1.45. The summed E-state index contributed by atoms with van der Waals surface area (Å²) in [4.78, 5) is 2.54. The lowest BCUT2D eigenvalue weighted by molar-refractivity contribution is 0.231. The average molecular weight is 172 g/mol. The summed E-state index contributed by atoms with van der Waals surface area (Å²) in [6.07, 6.45) is 4.25. The Hall–Kier alpha value is -0.0800. The Morgan fingerprint density at radius 1 is 1.08 bits per heavy atom. The summed E-state index contributed by atoms with van der Waals surface area (Å²) in [6.45, 7) is 9.01. The van der Waals surface area contributed by atoms with Gasteiger partial charge in [-0.3, -0.25) is 0 Å². The molecule has 1 heterocycles.